The largest absolute Gasteiger partial charge is 0.409 e. The van der Waals surface area contributed by atoms with E-state index in [2.05, 4.69) is 48.2 Å². The Hall–Kier alpha value is -1.55. The molecule has 0 saturated carbocycles. The van der Waals surface area contributed by atoms with Gasteiger partial charge in [-0.15, -0.1) is 0 Å². The van der Waals surface area contributed by atoms with Crippen molar-refractivity contribution in [3.63, 3.8) is 0 Å². The van der Waals surface area contributed by atoms with Gasteiger partial charge in [0.2, 0.25) is 0 Å². The highest BCUT2D eigenvalue weighted by molar-refractivity contribution is 5.81. The molecule has 4 nitrogen and oxygen atoms in total. The first-order chi connectivity index (χ1) is 8.69. The molecular formula is C14H23N3O. The molecule has 0 aliphatic carbocycles. The van der Waals surface area contributed by atoms with Crippen LogP contribution in [0.1, 0.15) is 31.4 Å². The van der Waals surface area contributed by atoms with E-state index < -0.39 is 0 Å². The molecule has 0 unspecified atom stereocenters. The lowest BCUT2D eigenvalue weighted by molar-refractivity contribution is 0.286. The number of nitrogens with two attached hydrogens (primary N) is 1. The van der Waals surface area contributed by atoms with Crippen molar-refractivity contribution in [2.75, 3.05) is 13.1 Å². The molecule has 0 spiro atoms. The predicted octanol–water partition coefficient (Wildman–Crippen LogP) is 2.21. The van der Waals surface area contributed by atoms with Crippen molar-refractivity contribution in [1.29, 1.82) is 0 Å². The van der Waals surface area contributed by atoms with E-state index in [4.69, 9.17) is 10.9 Å². The van der Waals surface area contributed by atoms with Crippen LogP contribution >= 0.6 is 0 Å². The summed E-state index contributed by atoms with van der Waals surface area (Å²) in [6.07, 6.45) is 2.11. The first-order valence-corrected chi connectivity index (χ1v) is 6.46. The SMILES string of the molecule is CCCN(CC(N)=NO)Cc1ccc(CC)cc1. The quantitative estimate of drug-likeness (QED) is 0.337. The van der Waals surface area contributed by atoms with Crippen LogP contribution in [0.5, 0.6) is 0 Å². The summed E-state index contributed by atoms with van der Waals surface area (Å²) in [6, 6.07) is 8.60. The van der Waals surface area contributed by atoms with Crippen LogP contribution in [-0.2, 0) is 13.0 Å². The van der Waals surface area contributed by atoms with Crippen molar-refractivity contribution >= 4 is 5.84 Å². The lowest BCUT2D eigenvalue weighted by atomic mass is 10.1. The third-order valence-electron chi connectivity index (χ3n) is 2.89. The summed E-state index contributed by atoms with van der Waals surface area (Å²) < 4.78 is 0. The van der Waals surface area contributed by atoms with E-state index in [0.717, 1.165) is 25.9 Å². The van der Waals surface area contributed by atoms with E-state index in [-0.39, 0.29) is 5.84 Å². The summed E-state index contributed by atoms with van der Waals surface area (Å²) in [5.74, 6) is 0.258. The molecule has 0 saturated heterocycles. The summed E-state index contributed by atoms with van der Waals surface area (Å²) in [7, 11) is 0. The van der Waals surface area contributed by atoms with Gasteiger partial charge in [-0.2, -0.15) is 0 Å². The number of hydrogen-bond acceptors (Lipinski definition) is 3. The van der Waals surface area contributed by atoms with Gasteiger partial charge in [0, 0.05) is 6.54 Å². The maximum atomic E-state index is 8.62. The summed E-state index contributed by atoms with van der Waals surface area (Å²) >= 11 is 0. The van der Waals surface area contributed by atoms with Crippen LogP contribution in [0, 0.1) is 0 Å². The number of amidine groups is 1. The molecule has 1 aromatic carbocycles. The standard InChI is InChI=1S/C14H23N3O/c1-3-9-17(11-14(15)16-18)10-13-7-5-12(4-2)6-8-13/h5-8,18H,3-4,9-11H2,1-2H3,(H2,15,16). The minimum absolute atomic E-state index is 0.258. The molecular weight excluding hydrogens is 226 g/mol. The molecule has 0 atom stereocenters. The Morgan fingerprint density at radius 3 is 2.33 bits per heavy atom. The Morgan fingerprint density at radius 1 is 1.22 bits per heavy atom. The average Bonchev–Trinajstić information content (AvgIpc) is 2.39. The van der Waals surface area contributed by atoms with Gasteiger partial charge < -0.3 is 10.9 Å². The van der Waals surface area contributed by atoms with E-state index in [1.807, 2.05) is 0 Å². The van der Waals surface area contributed by atoms with Gasteiger partial charge in [-0.05, 0) is 30.5 Å². The molecule has 0 aromatic heterocycles. The van der Waals surface area contributed by atoms with Crippen LogP contribution in [-0.4, -0.2) is 29.0 Å². The zero-order chi connectivity index (χ0) is 13.4. The van der Waals surface area contributed by atoms with E-state index in [9.17, 15) is 0 Å². The summed E-state index contributed by atoms with van der Waals surface area (Å²) in [5.41, 5.74) is 8.16. The fourth-order valence-corrected chi connectivity index (χ4v) is 1.93. The van der Waals surface area contributed by atoms with Crippen LogP contribution in [0.4, 0.5) is 0 Å². The fraction of sp³-hybridized carbons (Fsp3) is 0.500. The van der Waals surface area contributed by atoms with E-state index in [0.29, 0.717) is 6.54 Å². The van der Waals surface area contributed by atoms with Gasteiger partial charge in [0.15, 0.2) is 5.84 Å². The number of nitrogens with zero attached hydrogens (tertiary/aromatic N) is 2. The maximum Gasteiger partial charge on any atom is 0.153 e. The molecule has 0 aliphatic rings. The maximum absolute atomic E-state index is 8.62. The van der Waals surface area contributed by atoms with Crippen molar-refractivity contribution in [1.82, 2.24) is 4.90 Å². The number of aryl methyl sites for hydroxylation is 1. The van der Waals surface area contributed by atoms with E-state index in [1.165, 1.54) is 11.1 Å². The Kier molecular flexibility index (Phi) is 6.22. The van der Waals surface area contributed by atoms with Gasteiger partial charge >= 0.3 is 0 Å². The van der Waals surface area contributed by atoms with Crippen molar-refractivity contribution < 1.29 is 5.21 Å². The molecule has 0 aliphatic heterocycles. The number of hydrogen-bond donors (Lipinski definition) is 2. The monoisotopic (exact) mass is 249 g/mol. The second kappa shape index (κ2) is 7.71. The number of oxime groups is 1. The molecule has 0 bridgehead atoms. The molecule has 4 heteroatoms. The zero-order valence-corrected chi connectivity index (χ0v) is 11.3. The van der Waals surface area contributed by atoms with Gasteiger partial charge in [0.1, 0.15) is 0 Å². The van der Waals surface area contributed by atoms with Crippen molar-refractivity contribution in [3.05, 3.63) is 35.4 Å². The van der Waals surface area contributed by atoms with Crippen LogP contribution in [0.2, 0.25) is 0 Å². The molecule has 1 rings (SSSR count). The van der Waals surface area contributed by atoms with Crippen LogP contribution < -0.4 is 5.73 Å². The normalized spacial score (nSPS) is 12.1. The Morgan fingerprint density at radius 2 is 1.83 bits per heavy atom. The minimum Gasteiger partial charge on any atom is -0.409 e. The smallest absolute Gasteiger partial charge is 0.153 e. The molecule has 3 N–H and O–H groups in total. The highest BCUT2D eigenvalue weighted by Gasteiger charge is 2.07. The first-order valence-electron chi connectivity index (χ1n) is 6.46. The van der Waals surface area contributed by atoms with E-state index in [1.54, 1.807) is 0 Å². The van der Waals surface area contributed by atoms with Gasteiger partial charge in [-0.3, -0.25) is 4.90 Å². The van der Waals surface area contributed by atoms with Crippen LogP contribution in [0.15, 0.2) is 29.4 Å². The lowest BCUT2D eigenvalue weighted by Crippen LogP contribution is -2.34. The highest BCUT2D eigenvalue weighted by Crippen LogP contribution is 2.08. The third-order valence-corrected chi connectivity index (χ3v) is 2.89. The molecule has 0 amide bonds. The van der Waals surface area contributed by atoms with Crippen LogP contribution in [0.25, 0.3) is 0 Å². The second-order valence-corrected chi connectivity index (χ2v) is 4.47. The Labute approximate surface area is 109 Å². The van der Waals surface area contributed by atoms with Gasteiger partial charge in [-0.1, -0.05) is 43.3 Å². The van der Waals surface area contributed by atoms with Gasteiger partial charge in [-0.25, -0.2) is 0 Å². The van der Waals surface area contributed by atoms with Gasteiger partial charge in [0.25, 0.3) is 0 Å². The molecule has 0 heterocycles. The lowest BCUT2D eigenvalue weighted by Gasteiger charge is -2.21. The highest BCUT2D eigenvalue weighted by atomic mass is 16.4. The Balaban J connectivity index is 2.63. The predicted molar refractivity (Wildman–Crippen MR) is 74.8 cm³/mol. The topological polar surface area (TPSA) is 61.8 Å². The second-order valence-electron chi connectivity index (χ2n) is 4.47. The first kappa shape index (κ1) is 14.5. The van der Waals surface area contributed by atoms with Gasteiger partial charge in [0.05, 0.1) is 6.54 Å². The average molecular weight is 249 g/mol. The molecule has 1 aromatic rings. The summed E-state index contributed by atoms with van der Waals surface area (Å²) in [5, 5.41) is 11.7. The summed E-state index contributed by atoms with van der Waals surface area (Å²) in [6.45, 7) is 6.54. The number of benzene rings is 1. The molecule has 18 heavy (non-hydrogen) atoms. The van der Waals surface area contributed by atoms with E-state index >= 15 is 0 Å². The molecule has 0 fully saturated rings. The van der Waals surface area contributed by atoms with Crippen molar-refractivity contribution in [3.8, 4) is 0 Å². The third kappa shape index (κ3) is 4.75. The molecule has 0 radical (unpaired) electrons. The van der Waals surface area contributed by atoms with Crippen molar-refractivity contribution in [2.45, 2.75) is 33.2 Å². The fourth-order valence-electron chi connectivity index (χ4n) is 1.93. The minimum atomic E-state index is 0.258. The Bertz CT molecular complexity index is 373. The van der Waals surface area contributed by atoms with Crippen molar-refractivity contribution in [2.24, 2.45) is 10.9 Å². The number of rotatable bonds is 7. The molecule has 100 valence electrons. The zero-order valence-electron chi connectivity index (χ0n) is 11.3. The van der Waals surface area contributed by atoms with Crippen LogP contribution in [0.3, 0.4) is 0 Å². The summed E-state index contributed by atoms with van der Waals surface area (Å²) in [4.78, 5) is 2.18.